The van der Waals surface area contributed by atoms with Crippen LogP contribution in [0.1, 0.15) is 17.3 Å². The zero-order valence-corrected chi connectivity index (χ0v) is 15.7. The van der Waals surface area contributed by atoms with Crippen LogP contribution in [0.3, 0.4) is 0 Å². The number of aromatic nitrogens is 2. The number of ether oxygens (including phenoxy) is 2. The van der Waals surface area contributed by atoms with E-state index in [2.05, 4.69) is 22.1 Å². The molecule has 0 saturated heterocycles. The summed E-state index contributed by atoms with van der Waals surface area (Å²) in [6.07, 6.45) is 1.72. The molecule has 1 N–H and O–H groups in total. The predicted octanol–water partition coefficient (Wildman–Crippen LogP) is 3.38. The van der Waals surface area contributed by atoms with Gasteiger partial charge in [0.25, 0.3) is 11.6 Å². The Balaban J connectivity index is 2.30. The lowest BCUT2D eigenvalue weighted by molar-refractivity contribution is -0.385. The Morgan fingerprint density at radius 1 is 1.46 bits per heavy atom. The number of hydrogen-bond donors (Lipinski definition) is 1. The van der Waals surface area contributed by atoms with Gasteiger partial charge in [0.1, 0.15) is 5.56 Å². The highest BCUT2D eigenvalue weighted by Crippen LogP contribution is 2.35. The van der Waals surface area contributed by atoms with Gasteiger partial charge in [0.05, 0.1) is 24.7 Å². The second-order valence-electron chi connectivity index (χ2n) is 4.64. The summed E-state index contributed by atoms with van der Waals surface area (Å²) in [7, 11) is 1.39. The maximum absolute atomic E-state index is 12.5. The van der Waals surface area contributed by atoms with Crippen LogP contribution in [0, 0.1) is 10.1 Å². The highest BCUT2D eigenvalue weighted by Gasteiger charge is 2.25. The van der Waals surface area contributed by atoms with Crippen LogP contribution >= 0.6 is 23.1 Å². The third-order valence-electron chi connectivity index (χ3n) is 2.97. The van der Waals surface area contributed by atoms with E-state index in [0.29, 0.717) is 16.7 Å². The van der Waals surface area contributed by atoms with Crippen molar-refractivity contribution in [1.82, 2.24) is 10.2 Å². The van der Waals surface area contributed by atoms with Crippen molar-refractivity contribution in [3.63, 3.8) is 0 Å². The molecule has 1 aromatic heterocycles. The average molecular weight is 396 g/mol. The third kappa shape index (κ3) is 4.70. The van der Waals surface area contributed by atoms with Gasteiger partial charge in [-0.1, -0.05) is 29.2 Å². The summed E-state index contributed by atoms with van der Waals surface area (Å²) in [5.41, 5.74) is -0.552. The van der Waals surface area contributed by atoms with E-state index in [4.69, 9.17) is 9.47 Å². The van der Waals surface area contributed by atoms with Gasteiger partial charge in [-0.25, -0.2) is 0 Å². The van der Waals surface area contributed by atoms with Crippen molar-refractivity contribution in [2.24, 2.45) is 0 Å². The van der Waals surface area contributed by atoms with E-state index in [-0.39, 0.29) is 22.2 Å². The van der Waals surface area contributed by atoms with Crippen LogP contribution in [0.15, 0.2) is 29.1 Å². The number of carbonyl (C=O) groups excluding carboxylic acids is 1. The van der Waals surface area contributed by atoms with Crippen molar-refractivity contribution in [3.8, 4) is 11.5 Å². The molecule has 0 atom stereocenters. The lowest BCUT2D eigenvalue weighted by Crippen LogP contribution is -2.14. The van der Waals surface area contributed by atoms with Gasteiger partial charge < -0.3 is 9.47 Å². The molecule has 138 valence electrons. The van der Waals surface area contributed by atoms with E-state index in [0.717, 1.165) is 0 Å². The first kappa shape index (κ1) is 19.7. The normalized spacial score (nSPS) is 10.2. The maximum atomic E-state index is 12.5. The zero-order chi connectivity index (χ0) is 19.1. The molecule has 0 aliphatic heterocycles. The molecule has 1 heterocycles. The SMILES string of the molecule is C=CCSc1nnc(NC(=O)c2cc(OC)c(OCC)cc2[N+](=O)[O-])s1. The minimum Gasteiger partial charge on any atom is -0.493 e. The van der Waals surface area contributed by atoms with Crippen molar-refractivity contribution in [3.05, 3.63) is 40.5 Å². The summed E-state index contributed by atoms with van der Waals surface area (Å²) >= 11 is 2.58. The smallest absolute Gasteiger partial charge is 0.286 e. The third-order valence-corrected chi connectivity index (χ3v) is 4.94. The molecule has 0 aliphatic carbocycles. The summed E-state index contributed by atoms with van der Waals surface area (Å²) in [6.45, 7) is 5.65. The summed E-state index contributed by atoms with van der Waals surface area (Å²) in [5, 5.41) is 21.9. The minimum atomic E-state index is -0.686. The molecule has 0 radical (unpaired) electrons. The van der Waals surface area contributed by atoms with Crippen LogP contribution in [0.5, 0.6) is 11.5 Å². The maximum Gasteiger partial charge on any atom is 0.286 e. The van der Waals surface area contributed by atoms with E-state index in [9.17, 15) is 14.9 Å². The lowest BCUT2D eigenvalue weighted by atomic mass is 10.1. The zero-order valence-electron chi connectivity index (χ0n) is 14.1. The Bertz CT molecular complexity index is 824. The molecule has 2 aromatic rings. The first-order chi connectivity index (χ1) is 12.5. The van der Waals surface area contributed by atoms with Gasteiger partial charge >= 0.3 is 0 Å². The highest BCUT2D eigenvalue weighted by molar-refractivity contribution is 8.01. The summed E-state index contributed by atoms with van der Waals surface area (Å²) in [5.74, 6) is 0.387. The fourth-order valence-corrected chi connectivity index (χ4v) is 3.43. The van der Waals surface area contributed by atoms with Gasteiger partial charge in [-0.3, -0.25) is 20.2 Å². The second-order valence-corrected chi connectivity index (χ2v) is 6.88. The number of thioether (sulfide) groups is 1. The molecule has 11 heteroatoms. The van der Waals surface area contributed by atoms with Gasteiger partial charge in [0, 0.05) is 11.8 Å². The van der Waals surface area contributed by atoms with Gasteiger partial charge in [0.15, 0.2) is 15.8 Å². The molecule has 0 aliphatic rings. The standard InChI is InChI=1S/C15H16N4O5S2/c1-4-6-25-15-18-17-14(26-15)16-13(20)9-7-11(23-3)12(24-5-2)8-10(9)19(21)22/h4,7-8H,1,5-6H2,2-3H3,(H,16,17,20). The molecule has 26 heavy (non-hydrogen) atoms. The van der Waals surface area contributed by atoms with Crippen molar-refractivity contribution in [1.29, 1.82) is 0 Å². The van der Waals surface area contributed by atoms with Crippen LogP contribution in [-0.4, -0.2) is 40.5 Å². The number of carbonyl (C=O) groups is 1. The van der Waals surface area contributed by atoms with Crippen LogP contribution in [0.25, 0.3) is 0 Å². The molecular weight excluding hydrogens is 380 g/mol. The van der Waals surface area contributed by atoms with E-state index in [1.54, 1.807) is 13.0 Å². The van der Waals surface area contributed by atoms with Crippen molar-refractivity contribution >= 4 is 39.8 Å². The fraction of sp³-hybridized carbons (Fsp3) is 0.267. The van der Waals surface area contributed by atoms with Crippen molar-refractivity contribution in [2.45, 2.75) is 11.3 Å². The second kappa shape index (κ2) is 9.15. The monoisotopic (exact) mass is 396 g/mol. The van der Waals surface area contributed by atoms with E-state index in [1.807, 2.05) is 0 Å². The predicted molar refractivity (Wildman–Crippen MR) is 99.6 cm³/mol. The number of anilines is 1. The molecule has 0 spiro atoms. The Morgan fingerprint density at radius 2 is 2.23 bits per heavy atom. The number of nitrogens with one attached hydrogen (secondary N) is 1. The molecule has 0 unspecified atom stereocenters. The fourth-order valence-electron chi connectivity index (χ4n) is 1.92. The number of nitro groups is 1. The van der Waals surface area contributed by atoms with Crippen molar-refractivity contribution < 1.29 is 19.2 Å². The highest BCUT2D eigenvalue weighted by atomic mass is 32.2. The number of amides is 1. The van der Waals surface area contributed by atoms with E-state index < -0.39 is 16.5 Å². The first-order valence-corrected chi connectivity index (χ1v) is 9.18. The molecule has 0 saturated carbocycles. The molecule has 0 fully saturated rings. The van der Waals surface area contributed by atoms with Gasteiger partial charge in [0.2, 0.25) is 5.13 Å². The number of rotatable bonds is 9. The Hall–Kier alpha value is -2.66. The Morgan fingerprint density at radius 3 is 2.85 bits per heavy atom. The van der Waals surface area contributed by atoms with Gasteiger partial charge in [-0.05, 0) is 6.92 Å². The minimum absolute atomic E-state index is 0.161. The molecule has 1 aromatic carbocycles. The molecule has 1 amide bonds. The number of hydrogen-bond acceptors (Lipinski definition) is 9. The first-order valence-electron chi connectivity index (χ1n) is 7.37. The molecule has 9 nitrogen and oxygen atoms in total. The molecular formula is C15H16N4O5S2. The van der Waals surface area contributed by atoms with Crippen molar-refractivity contribution in [2.75, 3.05) is 24.8 Å². The number of methoxy groups -OCH3 is 1. The summed E-state index contributed by atoms with van der Waals surface area (Å²) in [6, 6.07) is 2.44. The van der Waals surface area contributed by atoms with E-state index >= 15 is 0 Å². The average Bonchev–Trinajstić information content (AvgIpc) is 3.06. The van der Waals surface area contributed by atoms with E-state index in [1.165, 1.54) is 42.3 Å². The summed E-state index contributed by atoms with van der Waals surface area (Å²) < 4.78 is 11.1. The Labute approximate surface area is 157 Å². The van der Waals surface area contributed by atoms with Crippen LogP contribution in [-0.2, 0) is 0 Å². The van der Waals surface area contributed by atoms with Crippen LogP contribution in [0.4, 0.5) is 10.8 Å². The lowest BCUT2D eigenvalue weighted by Gasteiger charge is -2.11. The number of nitrogens with zero attached hydrogens (tertiary/aromatic N) is 3. The summed E-state index contributed by atoms with van der Waals surface area (Å²) in [4.78, 5) is 23.2. The Kier molecular flexibility index (Phi) is 6.92. The number of benzene rings is 1. The topological polar surface area (TPSA) is 116 Å². The molecule has 0 bridgehead atoms. The molecule has 2 rings (SSSR count). The quantitative estimate of drug-likeness (QED) is 0.225. The largest absolute Gasteiger partial charge is 0.493 e. The van der Waals surface area contributed by atoms with Crippen LogP contribution < -0.4 is 14.8 Å². The van der Waals surface area contributed by atoms with Gasteiger partial charge in [-0.2, -0.15) is 0 Å². The van der Waals surface area contributed by atoms with Gasteiger partial charge in [-0.15, -0.1) is 16.8 Å². The van der Waals surface area contributed by atoms with Crippen LogP contribution in [0.2, 0.25) is 0 Å². The number of nitro benzene ring substituents is 1.